The molecule has 1 N–H and O–H groups in total. The third kappa shape index (κ3) is 6.21. The third-order valence-corrected chi connectivity index (χ3v) is 10.9. The number of carbonyl (C=O) groups excluding carboxylic acids is 1. The molecule has 6 heteroatoms. The number of carboxylic acids is 1. The predicted molar refractivity (Wildman–Crippen MR) is 136 cm³/mol. The number of benzene rings is 3. The van der Waals surface area contributed by atoms with Crippen molar-refractivity contribution in [3.05, 3.63) is 96.6 Å². The van der Waals surface area contributed by atoms with Crippen LogP contribution in [0.3, 0.4) is 0 Å². The van der Waals surface area contributed by atoms with Gasteiger partial charge in [0.1, 0.15) is 6.61 Å². The Kier molecular flexibility index (Phi) is 8.42. The van der Waals surface area contributed by atoms with Gasteiger partial charge < -0.3 is 14.3 Å². The number of carbonyl (C=O) groups is 2. The molecular formula is C28H32O5Si. The molecule has 0 spiro atoms. The highest BCUT2D eigenvalue weighted by Crippen LogP contribution is 2.38. The highest BCUT2D eigenvalue weighted by atomic mass is 28.4. The number of ether oxygens (including phenoxy) is 1. The fourth-order valence-corrected chi connectivity index (χ4v) is 8.96. The molecule has 0 aliphatic heterocycles. The summed E-state index contributed by atoms with van der Waals surface area (Å²) in [6.45, 7) is 6.49. The third-order valence-electron chi connectivity index (χ3n) is 5.80. The quantitative estimate of drug-likeness (QED) is 0.344. The Morgan fingerprint density at radius 2 is 1.26 bits per heavy atom. The molecule has 1 atom stereocenters. The van der Waals surface area contributed by atoms with Crippen molar-refractivity contribution in [1.29, 1.82) is 0 Å². The van der Waals surface area contributed by atoms with E-state index in [1.807, 2.05) is 91.0 Å². The zero-order valence-corrected chi connectivity index (χ0v) is 20.9. The smallest absolute Gasteiger partial charge is 0.308 e. The van der Waals surface area contributed by atoms with Gasteiger partial charge in [0.05, 0.1) is 18.9 Å². The first-order chi connectivity index (χ1) is 16.2. The van der Waals surface area contributed by atoms with E-state index >= 15 is 0 Å². The maximum atomic E-state index is 12.7. The molecule has 0 fully saturated rings. The zero-order valence-electron chi connectivity index (χ0n) is 19.9. The number of rotatable bonds is 10. The fourth-order valence-electron chi connectivity index (χ4n) is 4.27. The maximum absolute atomic E-state index is 12.7. The topological polar surface area (TPSA) is 72.8 Å². The lowest BCUT2D eigenvalue weighted by molar-refractivity contribution is -0.148. The van der Waals surface area contributed by atoms with Gasteiger partial charge in [-0.15, -0.1) is 0 Å². The summed E-state index contributed by atoms with van der Waals surface area (Å²) < 4.78 is 12.3. The summed E-state index contributed by atoms with van der Waals surface area (Å²) in [7, 11) is -3.00. The molecule has 178 valence electrons. The Hall–Kier alpha value is -3.22. The summed E-state index contributed by atoms with van der Waals surface area (Å²) in [5, 5.41) is 11.4. The largest absolute Gasteiger partial charge is 0.481 e. The predicted octanol–water partition coefficient (Wildman–Crippen LogP) is 4.54. The molecule has 0 amide bonds. The van der Waals surface area contributed by atoms with Gasteiger partial charge >= 0.3 is 11.9 Å². The first-order valence-electron chi connectivity index (χ1n) is 11.4. The lowest BCUT2D eigenvalue weighted by Gasteiger charge is -2.45. The van der Waals surface area contributed by atoms with Crippen molar-refractivity contribution in [2.45, 2.75) is 51.4 Å². The Morgan fingerprint density at radius 3 is 1.71 bits per heavy atom. The van der Waals surface area contributed by atoms with E-state index in [2.05, 4.69) is 20.8 Å². The fraction of sp³-hybridized carbons (Fsp3) is 0.286. The van der Waals surface area contributed by atoms with Crippen LogP contribution in [0.1, 0.15) is 39.2 Å². The molecule has 3 aromatic rings. The lowest BCUT2D eigenvalue weighted by atomic mass is 10.2. The van der Waals surface area contributed by atoms with E-state index in [0.29, 0.717) is 0 Å². The van der Waals surface area contributed by atoms with Crippen LogP contribution in [0, 0.1) is 0 Å². The molecule has 34 heavy (non-hydrogen) atoms. The Bertz CT molecular complexity index is 1020. The summed E-state index contributed by atoms with van der Waals surface area (Å²) in [5.74, 6) is -1.49. The van der Waals surface area contributed by atoms with E-state index in [9.17, 15) is 14.7 Å². The van der Waals surface area contributed by atoms with Crippen LogP contribution in [-0.2, 0) is 25.4 Å². The summed E-state index contributed by atoms with van der Waals surface area (Å²) in [6.07, 6.45) is -1.25. The number of esters is 1. The van der Waals surface area contributed by atoms with E-state index in [1.165, 1.54) is 0 Å². The summed E-state index contributed by atoms with van der Waals surface area (Å²) in [5.41, 5.74) is 0.874. The Morgan fingerprint density at radius 1 is 0.794 bits per heavy atom. The molecule has 0 bridgehead atoms. The second-order valence-corrected chi connectivity index (χ2v) is 13.6. The minimum Gasteiger partial charge on any atom is -0.481 e. The Balaban J connectivity index is 1.95. The van der Waals surface area contributed by atoms with E-state index < -0.39 is 26.4 Å². The van der Waals surface area contributed by atoms with Gasteiger partial charge in [0, 0.05) is 0 Å². The monoisotopic (exact) mass is 476 g/mol. The molecule has 5 nitrogen and oxygen atoms in total. The molecule has 0 radical (unpaired) electrons. The van der Waals surface area contributed by atoms with E-state index in [1.54, 1.807) is 0 Å². The Labute approximate surface area is 202 Å². The van der Waals surface area contributed by atoms with E-state index in [-0.39, 0.29) is 24.5 Å². The van der Waals surface area contributed by atoms with Crippen LogP contribution >= 0.6 is 0 Å². The van der Waals surface area contributed by atoms with Crippen LogP contribution < -0.4 is 10.4 Å². The molecule has 3 rings (SSSR count). The van der Waals surface area contributed by atoms with Gasteiger partial charge in [0.25, 0.3) is 8.32 Å². The molecule has 3 aromatic carbocycles. The second-order valence-electron chi connectivity index (χ2n) is 9.35. The molecule has 0 heterocycles. The molecule has 0 aromatic heterocycles. The molecule has 0 saturated carbocycles. The van der Waals surface area contributed by atoms with Gasteiger partial charge in [-0.1, -0.05) is 112 Å². The summed E-state index contributed by atoms with van der Waals surface area (Å²) in [6, 6.07) is 29.3. The van der Waals surface area contributed by atoms with Crippen molar-refractivity contribution in [1.82, 2.24) is 0 Å². The van der Waals surface area contributed by atoms with Crippen molar-refractivity contribution in [3.63, 3.8) is 0 Å². The van der Waals surface area contributed by atoms with E-state index in [0.717, 1.165) is 15.9 Å². The van der Waals surface area contributed by atoms with Crippen LogP contribution in [0.15, 0.2) is 91.0 Å². The average Bonchev–Trinajstić information content (AvgIpc) is 2.82. The first-order valence-corrected chi connectivity index (χ1v) is 13.3. The minimum atomic E-state index is -3.00. The van der Waals surface area contributed by atoms with Gasteiger partial charge in [-0.05, 0) is 21.0 Å². The second kappa shape index (κ2) is 11.3. The van der Waals surface area contributed by atoms with Crippen LogP contribution in [0.25, 0.3) is 0 Å². The van der Waals surface area contributed by atoms with Crippen molar-refractivity contribution in [2.75, 3.05) is 0 Å². The normalized spacial score (nSPS) is 12.7. The van der Waals surface area contributed by atoms with Gasteiger partial charge in [-0.25, -0.2) is 0 Å². The number of hydrogen-bond donors (Lipinski definition) is 1. The van der Waals surface area contributed by atoms with Crippen molar-refractivity contribution >= 4 is 30.6 Å². The van der Waals surface area contributed by atoms with Gasteiger partial charge in [0.15, 0.2) is 0 Å². The van der Waals surface area contributed by atoms with Crippen molar-refractivity contribution < 1.29 is 23.9 Å². The number of hydrogen-bond acceptors (Lipinski definition) is 4. The maximum Gasteiger partial charge on any atom is 0.308 e. The number of aliphatic carboxylic acids is 1. The molecule has 0 saturated heterocycles. The van der Waals surface area contributed by atoms with Crippen LogP contribution in [0.5, 0.6) is 0 Å². The van der Waals surface area contributed by atoms with Crippen LogP contribution in [0.4, 0.5) is 0 Å². The highest BCUT2D eigenvalue weighted by Gasteiger charge is 2.51. The summed E-state index contributed by atoms with van der Waals surface area (Å²) in [4.78, 5) is 24.5. The summed E-state index contributed by atoms with van der Waals surface area (Å²) >= 11 is 0. The number of carboxylic acid groups (broad SMARTS) is 1. The van der Waals surface area contributed by atoms with Gasteiger partial charge in [0.2, 0.25) is 0 Å². The minimum absolute atomic E-state index is 0.135. The van der Waals surface area contributed by atoms with Crippen molar-refractivity contribution in [2.24, 2.45) is 0 Å². The molecule has 0 aliphatic rings. The van der Waals surface area contributed by atoms with Crippen LogP contribution in [-0.4, -0.2) is 31.5 Å². The van der Waals surface area contributed by atoms with E-state index in [4.69, 9.17) is 9.16 Å². The van der Waals surface area contributed by atoms with Crippen molar-refractivity contribution in [3.8, 4) is 0 Å². The molecular weight excluding hydrogens is 444 g/mol. The molecule has 0 aliphatic carbocycles. The van der Waals surface area contributed by atoms with Crippen LogP contribution in [0.2, 0.25) is 5.04 Å². The lowest BCUT2D eigenvalue weighted by Crippen LogP contribution is -2.67. The zero-order chi connectivity index (χ0) is 24.6. The molecule has 1 unspecified atom stereocenters. The van der Waals surface area contributed by atoms with Gasteiger partial charge in [-0.3, -0.25) is 9.59 Å². The van der Waals surface area contributed by atoms with Gasteiger partial charge in [-0.2, -0.15) is 0 Å². The SMILES string of the molecule is CC(C)(C)[Si](OC(CC(=O)O)CC(=O)OCc1ccccc1)(c1ccccc1)c1ccccc1. The first kappa shape index (κ1) is 25.4. The highest BCUT2D eigenvalue weighted by molar-refractivity contribution is 6.99. The average molecular weight is 477 g/mol. The standard InChI is InChI=1S/C28H32O5Si/c1-28(2,3)34(24-15-9-5-10-16-24,25-17-11-6-12-18-25)33-23(19-26(29)30)20-27(31)32-21-22-13-7-4-8-14-22/h4-18,23H,19-21H2,1-3H3,(H,29,30).